The number of Topliss-reactive ketones (excluding diaryl/α,β-unsaturated/α-hetero) is 1. The van der Waals surface area contributed by atoms with Crippen LogP contribution in [0.1, 0.15) is 86.1 Å². The van der Waals surface area contributed by atoms with Crippen molar-refractivity contribution in [3.8, 4) is 0 Å². The summed E-state index contributed by atoms with van der Waals surface area (Å²) < 4.78 is 1.63. The Hall–Kier alpha value is -2.16. The number of aromatic nitrogens is 3. The minimum absolute atomic E-state index is 0.0964. The third kappa shape index (κ3) is 4.62. The SMILES string of the molecule is CC1(C(=O)O)CCC(n2ncc(C(=O)N(CC(=O)c3c(Cl)cncc3Cl)[C@H]3C[C@@H]4[C@H](C3)C4(C)C)c2Cl)CC1. The molecule has 0 aromatic carbocycles. The number of fused-ring (bicyclic) bond motifs is 1. The van der Waals surface area contributed by atoms with Crippen molar-refractivity contribution in [3.05, 3.63) is 44.9 Å². The highest BCUT2D eigenvalue weighted by Crippen LogP contribution is 2.67. The molecule has 5 rings (SSSR count). The van der Waals surface area contributed by atoms with Gasteiger partial charge in [0, 0.05) is 18.4 Å². The summed E-state index contributed by atoms with van der Waals surface area (Å²) in [5, 5.41) is 14.5. The molecule has 3 aliphatic carbocycles. The summed E-state index contributed by atoms with van der Waals surface area (Å²) in [6.45, 7) is 6.06. The zero-order valence-electron chi connectivity index (χ0n) is 21.6. The van der Waals surface area contributed by atoms with E-state index < -0.39 is 11.4 Å². The second-order valence-corrected chi connectivity index (χ2v) is 13.1. The number of halogens is 3. The molecule has 0 spiro atoms. The first-order chi connectivity index (χ1) is 17.8. The molecular formula is C27H31Cl3N4O4. The number of carboxylic acids is 1. The number of nitrogens with zero attached hydrogens (tertiary/aromatic N) is 4. The molecule has 1 amide bonds. The van der Waals surface area contributed by atoms with Crippen LogP contribution in [0.2, 0.25) is 15.2 Å². The number of carboxylic acid groups (broad SMARTS) is 1. The van der Waals surface area contributed by atoms with E-state index in [1.54, 1.807) is 16.5 Å². The predicted octanol–water partition coefficient (Wildman–Crippen LogP) is 6.20. The first kappa shape index (κ1) is 27.4. The number of aliphatic carboxylic acids is 1. The highest BCUT2D eigenvalue weighted by Gasteiger charge is 2.63. The molecule has 0 aliphatic heterocycles. The largest absolute Gasteiger partial charge is 0.481 e. The van der Waals surface area contributed by atoms with Gasteiger partial charge in [0.2, 0.25) is 0 Å². The van der Waals surface area contributed by atoms with Crippen molar-refractivity contribution in [2.24, 2.45) is 22.7 Å². The van der Waals surface area contributed by atoms with E-state index in [0.29, 0.717) is 37.5 Å². The fourth-order valence-corrected chi connectivity index (χ4v) is 7.49. The Balaban J connectivity index is 1.39. The van der Waals surface area contributed by atoms with Crippen LogP contribution in [0.4, 0.5) is 0 Å². The van der Waals surface area contributed by atoms with Crippen molar-refractivity contribution >= 4 is 52.5 Å². The highest BCUT2D eigenvalue weighted by atomic mass is 35.5. The molecule has 0 unspecified atom stereocenters. The van der Waals surface area contributed by atoms with Crippen LogP contribution in [-0.2, 0) is 4.79 Å². The van der Waals surface area contributed by atoms with Crippen LogP contribution >= 0.6 is 34.8 Å². The summed E-state index contributed by atoms with van der Waals surface area (Å²) in [6.07, 6.45) is 8.01. The van der Waals surface area contributed by atoms with Crippen LogP contribution in [0, 0.1) is 22.7 Å². The predicted molar refractivity (Wildman–Crippen MR) is 144 cm³/mol. The van der Waals surface area contributed by atoms with Gasteiger partial charge in [0.25, 0.3) is 5.91 Å². The maximum absolute atomic E-state index is 13.9. The van der Waals surface area contributed by atoms with Gasteiger partial charge in [0.1, 0.15) is 5.15 Å². The Kier molecular flexibility index (Phi) is 7.06. The number of ketones is 1. The maximum atomic E-state index is 13.9. The van der Waals surface area contributed by atoms with Crippen LogP contribution < -0.4 is 0 Å². The standard InChI is InChI=1S/C27H31Cl3N4O4/c1-26(2)17-8-15(9-18(17)26)33(13-21(35)22-19(28)11-31-12-20(22)29)24(36)16-10-32-34(23(16)30)14-4-6-27(3,7-5-14)25(37)38/h10-12,14-15,17-18H,4-9,13H2,1-3H3,(H,37,38)/t14?,15-,17+,18-,27?. The van der Waals surface area contributed by atoms with E-state index in [1.165, 1.54) is 18.6 Å². The molecule has 3 atom stereocenters. The fourth-order valence-electron chi connectivity index (χ4n) is 6.61. The normalized spacial score (nSPS) is 29.5. The molecule has 8 nitrogen and oxygen atoms in total. The molecule has 0 bridgehead atoms. The lowest BCUT2D eigenvalue weighted by Gasteiger charge is -2.34. The minimum Gasteiger partial charge on any atom is -0.481 e. The molecule has 3 aliphatic rings. The summed E-state index contributed by atoms with van der Waals surface area (Å²) in [4.78, 5) is 44.5. The van der Waals surface area contributed by atoms with Gasteiger partial charge in [-0.25, -0.2) is 0 Å². The molecule has 0 radical (unpaired) electrons. The molecule has 11 heteroatoms. The second-order valence-electron chi connectivity index (χ2n) is 11.9. The number of carbonyl (C=O) groups is 3. The number of carbonyl (C=O) groups excluding carboxylic acids is 2. The van der Waals surface area contributed by atoms with Crippen molar-refractivity contribution < 1.29 is 19.5 Å². The molecule has 2 aromatic rings. The van der Waals surface area contributed by atoms with E-state index in [9.17, 15) is 19.5 Å². The molecule has 38 heavy (non-hydrogen) atoms. The molecule has 0 saturated heterocycles. The van der Waals surface area contributed by atoms with Crippen LogP contribution in [-0.4, -0.2) is 55.0 Å². The average molecular weight is 582 g/mol. The topological polar surface area (TPSA) is 105 Å². The van der Waals surface area contributed by atoms with Gasteiger partial charge in [-0.05, 0) is 62.7 Å². The Morgan fingerprint density at radius 2 is 1.61 bits per heavy atom. The summed E-state index contributed by atoms with van der Waals surface area (Å²) in [5.41, 5.74) is -0.132. The van der Waals surface area contributed by atoms with Crippen molar-refractivity contribution in [2.75, 3.05) is 6.54 Å². The lowest BCUT2D eigenvalue weighted by Crippen LogP contribution is -2.43. The Bertz CT molecular complexity index is 1270. The third-order valence-corrected chi connectivity index (χ3v) is 10.3. The number of amides is 1. The average Bonchev–Trinajstić information content (AvgIpc) is 3.24. The fraction of sp³-hybridized carbons (Fsp3) is 0.593. The minimum atomic E-state index is -0.800. The Labute approximate surface area is 236 Å². The molecule has 204 valence electrons. The zero-order chi connectivity index (χ0) is 27.6. The maximum Gasteiger partial charge on any atom is 0.309 e. The number of hydrogen-bond donors (Lipinski definition) is 1. The van der Waals surface area contributed by atoms with Crippen molar-refractivity contribution in [1.82, 2.24) is 19.7 Å². The van der Waals surface area contributed by atoms with Gasteiger partial charge < -0.3 is 10.0 Å². The quantitative estimate of drug-likeness (QED) is 0.390. The van der Waals surface area contributed by atoms with Crippen molar-refractivity contribution in [3.63, 3.8) is 0 Å². The number of rotatable bonds is 7. The van der Waals surface area contributed by atoms with Gasteiger partial charge in [-0.2, -0.15) is 5.10 Å². The van der Waals surface area contributed by atoms with Gasteiger partial charge in [-0.15, -0.1) is 0 Å². The first-order valence-electron chi connectivity index (χ1n) is 12.9. The van der Waals surface area contributed by atoms with E-state index in [4.69, 9.17) is 34.8 Å². The number of hydrogen-bond acceptors (Lipinski definition) is 5. The Morgan fingerprint density at radius 3 is 2.16 bits per heavy atom. The monoisotopic (exact) mass is 580 g/mol. The van der Waals surface area contributed by atoms with E-state index in [-0.39, 0.29) is 62.1 Å². The van der Waals surface area contributed by atoms with E-state index in [0.717, 1.165) is 12.8 Å². The lowest BCUT2D eigenvalue weighted by molar-refractivity contribution is -0.150. The lowest BCUT2D eigenvalue weighted by atomic mass is 9.74. The van der Waals surface area contributed by atoms with Crippen LogP contribution in [0.3, 0.4) is 0 Å². The smallest absolute Gasteiger partial charge is 0.309 e. The molecule has 2 heterocycles. The molecule has 3 fully saturated rings. The van der Waals surface area contributed by atoms with E-state index >= 15 is 0 Å². The summed E-state index contributed by atoms with van der Waals surface area (Å²) in [6, 6.07) is -0.208. The van der Waals surface area contributed by atoms with Gasteiger partial charge in [-0.1, -0.05) is 48.7 Å². The second kappa shape index (κ2) is 9.79. The molecule has 3 saturated carbocycles. The highest BCUT2D eigenvalue weighted by molar-refractivity contribution is 6.39. The summed E-state index contributed by atoms with van der Waals surface area (Å²) in [7, 11) is 0. The first-order valence-corrected chi connectivity index (χ1v) is 14.1. The van der Waals surface area contributed by atoms with E-state index in [1.807, 2.05) is 0 Å². The van der Waals surface area contributed by atoms with Crippen molar-refractivity contribution in [2.45, 2.75) is 71.4 Å². The summed E-state index contributed by atoms with van der Waals surface area (Å²) in [5.74, 6) is -0.499. The number of pyridine rings is 1. The molecular weight excluding hydrogens is 551 g/mol. The van der Waals surface area contributed by atoms with E-state index in [2.05, 4.69) is 23.9 Å². The molecule has 1 N–H and O–H groups in total. The zero-order valence-corrected chi connectivity index (χ0v) is 23.9. The summed E-state index contributed by atoms with van der Waals surface area (Å²) >= 11 is 19.2. The van der Waals surface area contributed by atoms with Gasteiger partial charge in [-0.3, -0.25) is 24.0 Å². The third-order valence-electron chi connectivity index (χ3n) is 9.37. The van der Waals surface area contributed by atoms with Crippen LogP contribution in [0.5, 0.6) is 0 Å². The Morgan fingerprint density at radius 1 is 1.03 bits per heavy atom. The van der Waals surface area contributed by atoms with Gasteiger partial charge in [0.05, 0.1) is 45.4 Å². The van der Waals surface area contributed by atoms with Crippen LogP contribution in [0.25, 0.3) is 0 Å². The molecule has 2 aromatic heterocycles. The van der Waals surface area contributed by atoms with Crippen molar-refractivity contribution in [1.29, 1.82) is 0 Å². The van der Waals surface area contributed by atoms with Gasteiger partial charge in [0.15, 0.2) is 5.78 Å². The van der Waals surface area contributed by atoms with Gasteiger partial charge >= 0.3 is 5.97 Å². The van der Waals surface area contributed by atoms with Crippen LogP contribution in [0.15, 0.2) is 18.6 Å².